The van der Waals surface area contributed by atoms with Crippen LogP contribution in [0, 0.1) is 0 Å². The number of nitrogens with zero attached hydrogens (tertiary/aromatic N) is 2. The minimum absolute atomic E-state index is 0.256. The lowest BCUT2D eigenvalue weighted by Crippen LogP contribution is -2.46. The summed E-state index contributed by atoms with van der Waals surface area (Å²) in [6, 6.07) is 5.19. The Bertz CT molecular complexity index is 847. The molecule has 3 amide bonds. The summed E-state index contributed by atoms with van der Waals surface area (Å²) >= 11 is 0.815. The molecule has 0 spiro atoms. The fourth-order valence-electron chi connectivity index (χ4n) is 2.88. The lowest BCUT2D eigenvalue weighted by molar-refractivity contribution is -0.139. The number of hydrogen-bond acceptors (Lipinski definition) is 7. The number of imide groups is 1. The fraction of sp³-hybridized carbons (Fsp3) is 0.350. The average molecular weight is 418 g/mol. The topological polar surface area (TPSA) is 85.4 Å². The summed E-state index contributed by atoms with van der Waals surface area (Å²) in [6.45, 7) is 5.53. The van der Waals surface area contributed by atoms with E-state index in [1.165, 1.54) is 7.11 Å². The SMILES string of the molecule is C=CCOc1ccc(/C=C2/SC(=O)N(CC(=O)N3CCOCC3)C2=O)cc1OC. The van der Waals surface area contributed by atoms with Gasteiger partial charge in [-0.15, -0.1) is 0 Å². The first-order chi connectivity index (χ1) is 14.0. The highest BCUT2D eigenvalue weighted by molar-refractivity contribution is 8.18. The molecular formula is C20H22N2O6S. The van der Waals surface area contributed by atoms with Crippen LogP contribution in [0.15, 0.2) is 35.8 Å². The van der Waals surface area contributed by atoms with Gasteiger partial charge >= 0.3 is 0 Å². The van der Waals surface area contributed by atoms with Crippen molar-refractivity contribution < 1.29 is 28.6 Å². The molecule has 1 aromatic rings. The minimum Gasteiger partial charge on any atom is -0.493 e. The van der Waals surface area contributed by atoms with E-state index in [2.05, 4.69) is 6.58 Å². The average Bonchev–Trinajstić information content (AvgIpc) is 3.00. The van der Waals surface area contributed by atoms with Crippen LogP contribution in [0.1, 0.15) is 5.56 Å². The van der Waals surface area contributed by atoms with Crippen molar-refractivity contribution in [3.05, 3.63) is 41.3 Å². The quantitative estimate of drug-likeness (QED) is 0.495. The summed E-state index contributed by atoms with van der Waals surface area (Å²) in [5, 5.41) is -0.458. The number of amides is 3. The van der Waals surface area contributed by atoms with Gasteiger partial charge in [0.05, 0.1) is 25.2 Å². The Labute approximate surface area is 173 Å². The maximum atomic E-state index is 12.7. The first kappa shape index (κ1) is 20.9. The van der Waals surface area contributed by atoms with Gasteiger partial charge in [0.25, 0.3) is 11.1 Å². The van der Waals surface area contributed by atoms with E-state index in [9.17, 15) is 14.4 Å². The molecule has 0 radical (unpaired) electrons. The molecule has 0 unspecified atom stereocenters. The molecule has 8 nitrogen and oxygen atoms in total. The van der Waals surface area contributed by atoms with Crippen molar-refractivity contribution in [1.82, 2.24) is 9.80 Å². The van der Waals surface area contributed by atoms with Gasteiger partial charge in [0.1, 0.15) is 13.2 Å². The van der Waals surface area contributed by atoms with Gasteiger partial charge < -0.3 is 19.1 Å². The minimum atomic E-state index is -0.479. The third-order valence-electron chi connectivity index (χ3n) is 4.37. The van der Waals surface area contributed by atoms with Gasteiger partial charge in [-0.2, -0.15) is 0 Å². The Hall–Kier alpha value is -2.78. The van der Waals surface area contributed by atoms with E-state index in [1.807, 2.05) is 0 Å². The number of morpholine rings is 1. The second kappa shape index (κ2) is 9.62. The molecule has 2 heterocycles. The lowest BCUT2D eigenvalue weighted by Gasteiger charge is -2.28. The number of carbonyl (C=O) groups is 3. The van der Waals surface area contributed by atoms with Crippen LogP contribution < -0.4 is 9.47 Å². The predicted molar refractivity (Wildman–Crippen MR) is 109 cm³/mol. The van der Waals surface area contributed by atoms with E-state index in [0.29, 0.717) is 50.0 Å². The molecule has 0 N–H and O–H groups in total. The summed E-state index contributed by atoms with van der Waals surface area (Å²) < 4.78 is 16.0. The third kappa shape index (κ3) is 4.99. The smallest absolute Gasteiger partial charge is 0.294 e. The van der Waals surface area contributed by atoms with Gasteiger partial charge in [0.15, 0.2) is 11.5 Å². The van der Waals surface area contributed by atoms with Crippen LogP contribution in [0.4, 0.5) is 4.79 Å². The molecule has 154 valence electrons. The molecule has 9 heteroatoms. The molecule has 29 heavy (non-hydrogen) atoms. The zero-order chi connectivity index (χ0) is 20.8. The Balaban J connectivity index is 1.72. The molecule has 2 aliphatic heterocycles. The third-order valence-corrected chi connectivity index (χ3v) is 5.28. The van der Waals surface area contributed by atoms with Gasteiger partial charge in [-0.25, -0.2) is 0 Å². The van der Waals surface area contributed by atoms with Crippen molar-refractivity contribution in [3.8, 4) is 11.5 Å². The molecular weight excluding hydrogens is 396 g/mol. The first-order valence-corrected chi connectivity index (χ1v) is 9.87. The van der Waals surface area contributed by atoms with Gasteiger partial charge in [-0.05, 0) is 35.5 Å². The zero-order valence-electron chi connectivity index (χ0n) is 16.1. The van der Waals surface area contributed by atoms with Gasteiger partial charge in [0.2, 0.25) is 5.91 Å². The van der Waals surface area contributed by atoms with E-state index in [4.69, 9.17) is 14.2 Å². The summed E-state index contributed by atoms with van der Waals surface area (Å²) in [6.07, 6.45) is 3.23. The van der Waals surface area contributed by atoms with Crippen LogP contribution in [0.5, 0.6) is 11.5 Å². The van der Waals surface area contributed by atoms with Crippen LogP contribution >= 0.6 is 11.8 Å². The highest BCUT2D eigenvalue weighted by Crippen LogP contribution is 2.34. The maximum Gasteiger partial charge on any atom is 0.294 e. The normalized spacial score (nSPS) is 18.3. The van der Waals surface area contributed by atoms with Crippen LogP contribution in [-0.2, 0) is 14.3 Å². The van der Waals surface area contributed by atoms with E-state index < -0.39 is 11.1 Å². The van der Waals surface area contributed by atoms with Crippen LogP contribution in [0.3, 0.4) is 0 Å². The van der Waals surface area contributed by atoms with Crippen LogP contribution in [0.2, 0.25) is 0 Å². The number of rotatable bonds is 7. The standard InChI is InChI=1S/C20H22N2O6S/c1-3-8-28-15-5-4-14(11-16(15)26-2)12-17-19(24)22(20(25)29-17)13-18(23)21-6-9-27-10-7-21/h3-5,11-12H,1,6-10,13H2,2H3/b17-12+. The highest BCUT2D eigenvalue weighted by atomic mass is 32.2. The van der Waals surface area contributed by atoms with E-state index >= 15 is 0 Å². The Kier molecular flexibility index (Phi) is 6.95. The van der Waals surface area contributed by atoms with Crippen molar-refractivity contribution in [2.24, 2.45) is 0 Å². The Morgan fingerprint density at radius 1 is 1.28 bits per heavy atom. The number of carbonyl (C=O) groups excluding carboxylic acids is 3. The summed E-state index contributed by atoms with van der Waals surface area (Å²) in [4.78, 5) is 40.1. The first-order valence-electron chi connectivity index (χ1n) is 9.06. The van der Waals surface area contributed by atoms with Crippen molar-refractivity contribution in [1.29, 1.82) is 0 Å². The molecule has 1 aromatic carbocycles. The second-order valence-corrected chi connectivity index (χ2v) is 7.26. The number of hydrogen-bond donors (Lipinski definition) is 0. The number of methoxy groups -OCH3 is 1. The van der Waals surface area contributed by atoms with E-state index in [-0.39, 0.29) is 17.4 Å². The largest absolute Gasteiger partial charge is 0.493 e. The number of thioether (sulfide) groups is 1. The maximum absolute atomic E-state index is 12.7. The van der Waals surface area contributed by atoms with Crippen molar-refractivity contribution in [2.75, 3.05) is 46.6 Å². The summed E-state index contributed by atoms with van der Waals surface area (Å²) in [5.74, 6) is 0.311. The molecule has 0 saturated carbocycles. The molecule has 2 aliphatic rings. The van der Waals surface area contributed by atoms with Crippen molar-refractivity contribution >= 4 is 34.9 Å². The van der Waals surface area contributed by atoms with Crippen molar-refractivity contribution in [3.63, 3.8) is 0 Å². The molecule has 2 saturated heterocycles. The second-order valence-electron chi connectivity index (χ2n) is 6.27. The molecule has 0 atom stereocenters. The molecule has 3 rings (SSSR count). The highest BCUT2D eigenvalue weighted by Gasteiger charge is 2.37. The molecule has 0 aromatic heterocycles. The lowest BCUT2D eigenvalue weighted by atomic mass is 10.2. The zero-order valence-corrected chi connectivity index (χ0v) is 16.9. The number of ether oxygens (including phenoxy) is 3. The Morgan fingerprint density at radius 3 is 2.72 bits per heavy atom. The summed E-state index contributed by atoms with van der Waals surface area (Å²) in [5.41, 5.74) is 0.679. The molecule has 0 aliphatic carbocycles. The number of benzene rings is 1. The summed E-state index contributed by atoms with van der Waals surface area (Å²) in [7, 11) is 1.52. The molecule has 0 bridgehead atoms. The predicted octanol–water partition coefficient (Wildman–Crippen LogP) is 2.16. The van der Waals surface area contributed by atoms with E-state index in [1.54, 1.807) is 35.3 Å². The van der Waals surface area contributed by atoms with Gasteiger partial charge in [-0.3, -0.25) is 19.3 Å². The van der Waals surface area contributed by atoms with E-state index in [0.717, 1.165) is 16.7 Å². The van der Waals surface area contributed by atoms with Gasteiger partial charge in [-0.1, -0.05) is 18.7 Å². The van der Waals surface area contributed by atoms with Crippen LogP contribution in [0.25, 0.3) is 6.08 Å². The molecule has 2 fully saturated rings. The van der Waals surface area contributed by atoms with Gasteiger partial charge in [0, 0.05) is 13.1 Å². The van der Waals surface area contributed by atoms with Crippen LogP contribution in [-0.4, -0.2) is 73.4 Å². The fourth-order valence-corrected chi connectivity index (χ4v) is 3.72. The monoisotopic (exact) mass is 418 g/mol. The Morgan fingerprint density at radius 2 is 2.03 bits per heavy atom. The van der Waals surface area contributed by atoms with Crippen molar-refractivity contribution in [2.45, 2.75) is 0 Å².